The van der Waals surface area contributed by atoms with Crippen molar-refractivity contribution in [3.63, 3.8) is 0 Å². The van der Waals surface area contributed by atoms with E-state index in [0.717, 1.165) is 0 Å². The third kappa shape index (κ3) is 4.05. The molecule has 0 fully saturated rings. The molecule has 0 bridgehead atoms. The number of rotatable bonds is 3. The number of carbonyl (C=O) groups excluding carboxylic acids is 1. The van der Waals surface area contributed by atoms with Crippen LogP contribution in [0.15, 0.2) is 18.2 Å². The van der Waals surface area contributed by atoms with Crippen molar-refractivity contribution >= 4 is 28.5 Å². The third-order valence-electron chi connectivity index (χ3n) is 1.89. The Labute approximate surface area is 108 Å². The second-order valence-corrected chi connectivity index (χ2v) is 5.46. The van der Waals surface area contributed by atoms with E-state index in [0.29, 0.717) is 15.7 Å². The molecule has 0 aliphatic rings. The van der Waals surface area contributed by atoms with Crippen LogP contribution in [-0.4, -0.2) is 18.0 Å². The second-order valence-electron chi connectivity index (χ2n) is 4.30. The molecule has 0 saturated heterocycles. The Hall–Kier alpha value is -0.690. The SMILES string of the molecule is CC(C)(N)CNC(=O)c1ccc(I)c(F)c1. The minimum atomic E-state index is -0.475. The number of carbonyl (C=O) groups is 1. The summed E-state index contributed by atoms with van der Waals surface area (Å²) in [5.74, 6) is -0.700. The molecule has 0 unspecified atom stereocenters. The summed E-state index contributed by atoms with van der Waals surface area (Å²) in [6.45, 7) is 3.96. The number of halogens is 2. The van der Waals surface area contributed by atoms with E-state index in [1.165, 1.54) is 6.07 Å². The predicted molar refractivity (Wildman–Crippen MR) is 69.7 cm³/mol. The highest BCUT2D eigenvalue weighted by molar-refractivity contribution is 14.1. The molecule has 0 aliphatic heterocycles. The number of hydrogen-bond acceptors (Lipinski definition) is 2. The summed E-state index contributed by atoms with van der Waals surface area (Å²) in [5, 5.41) is 2.65. The van der Waals surface area contributed by atoms with Gasteiger partial charge in [0.1, 0.15) is 5.82 Å². The van der Waals surface area contributed by atoms with Gasteiger partial charge in [0.15, 0.2) is 0 Å². The molecule has 0 atom stereocenters. The van der Waals surface area contributed by atoms with Gasteiger partial charge >= 0.3 is 0 Å². The Morgan fingerprint density at radius 2 is 2.19 bits per heavy atom. The lowest BCUT2D eigenvalue weighted by molar-refractivity contribution is 0.0945. The molecule has 1 aromatic rings. The zero-order valence-corrected chi connectivity index (χ0v) is 11.3. The van der Waals surface area contributed by atoms with Gasteiger partial charge in [0.2, 0.25) is 0 Å². The first-order valence-corrected chi connectivity index (χ1v) is 5.89. The average Bonchev–Trinajstić information content (AvgIpc) is 2.17. The third-order valence-corrected chi connectivity index (χ3v) is 2.76. The topological polar surface area (TPSA) is 55.1 Å². The summed E-state index contributed by atoms with van der Waals surface area (Å²) in [7, 11) is 0. The Morgan fingerprint density at radius 1 is 1.56 bits per heavy atom. The van der Waals surface area contributed by atoms with Crippen LogP contribution in [0.5, 0.6) is 0 Å². The van der Waals surface area contributed by atoms with Crippen molar-refractivity contribution in [1.82, 2.24) is 5.32 Å². The van der Waals surface area contributed by atoms with Crippen LogP contribution >= 0.6 is 22.6 Å². The normalized spacial score (nSPS) is 11.3. The fourth-order valence-corrected chi connectivity index (χ4v) is 1.38. The van der Waals surface area contributed by atoms with Crippen molar-refractivity contribution in [2.24, 2.45) is 5.73 Å². The van der Waals surface area contributed by atoms with Crippen molar-refractivity contribution in [3.8, 4) is 0 Å². The van der Waals surface area contributed by atoms with Crippen molar-refractivity contribution in [3.05, 3.63) is 33.1 Å². The molecule has 1 aromatic carbocycles. The first-order valence-electron chi connectivity index (χ1n) is 4.82. The highest BCUT2D eigenvalue weighted by atomic mass is 127. The molecule has 88 valence electrons. The summed E-state index contributed by atoms with van der Waals surface area (Å²) >= 11 is 1.87. The second kappa shape index (κ2) is 5.09. The molecule has 16 heavy (non-hydrogen) atoms. The molecular weight excluding hydrogens is 322 g/mol. The summed E-state index contributed by atoms with van der Waals surface area (Å²) in [5.41, 5.74) is 5.56. The molecule has 1 rings (SSSR count). The molecule has 3 nitrogen and oxygen atoms in total. The molecule has 0 aromatic heterocycles. The molecule has 0 heterocycles. The van der Waals surface area contributed by atoms with Gasteiger partial charge in [-0.05, 0) is 54.6 Å². The van der Waals surface area contributed by atoms with E-state index in [9.17, 15) is 9.18 Å². The highest BCUT2D eigenvalue weighted by Crippen LogP contribution is 2.12. The minimum absolute atomic E-state index is 0.308. The summed E-state index contributed by atoms with van der Waals surface area (Å²) in [4.78, 5) is 11.6. The fraction of sp³-hybridized carbons (Fsp3) is 0.364. The lowest BCUT2D eigenvalue weighted by atomic mass is 10.1. The standard InChI is InChI=1S/C11H14FIN2O/c1-11(2,14)6-15-10(16)7-3-4-9(13)8(12)5-7/h3-5H,6,14H2,1-2H3,(H,15,16). The Kier molecular flexibility index (Phi) is 4.26. The number of nitrogens with one attached hydrogen (secondary N) is 1. The number of hydrogen-bond donors (Lipinski definition) is 2. The molecule has 0 radical (unpaired) electrons. The zero-order chi connectivity index (χ0) is 12.3. The van der Waals surface area contributed by atoms with Crippen molar-refractivity contribution in [2.75, 3.05) is 6.54 Å². The maximum atomic E-state index is 13.2. The molecule has 0 saturated carbocycles. The quantitative estimate of drug-likeness (QED) is 0.829. The first-order chi connectivity index (χ1) is 7.29. The van der Waals surface area contributed by atoms with E-state index in [1.807, 2.05) is 36.4 Å². The first kappa shape index (κ1) is 13.4. The molecule has 1 amide bonds. The van der Waals surface area contributed by atoms with Crippen molar-refractivity contribution in [1.29, 1.82) is 0 Å². The highest BCUT2D eigenvalue weighted by Gasteiger charge is 2.14. The monoisotopic (exact) mass is 336 g/mol. The number of benzene rings is 1. The van der Waals surface area contributed by atoms with Gasteiger partial charge in [-0.15, -0.1) is 0 Å². The summed E-state index contributed by atoms with van der Waals surface area (Å²) < 4.78 is 13.7. The average molecular weight is 336 g/mol. The van der Waals surface area contributed by atoms with Crippen LogP contribution in [0.4, 0.5) is 4.39 Å². The van der Waals surface area contributed by atoms with Gasteiger partial charge in [-0.3, -0.25) is 4.79 Å². The van der Waals surface area contributed by atoms with Crippen LogP contribution in [0.2, 0.25) is 0 Å². The van der Waals surface area contributed by atoms with Crippen LogP contribution in [-0.2, 0) is 0 Å². The number of nitrogens with two attached hydrogens (primary N) is 1. The van der Waals surface area contributed by atoms with Crippen LogP contribution in [0.1, 0.15) is 24.2 Å². The molecule has 0 spiro atoms. The van der Waals surface area contributed by atoms with Gasteiger partial charge in [0.05, 0.1) is 0 Å². The summed E-state index contributed by atoms with van der Waals surface area (Å²) in [6.07, 6.45) is 0. The van der Waals surface area contributed by atoms with Crippen LogP contribution < -0.4 is 11.1 Å². The van der Waals surface area contributed by atoms with E-state index in [2.05, 4.69) is 5.32 Å². The Morgan fingerprint density at radius 3 is 2.69 bits per heavy atom. The minimum Gasteiger partial charge on any atom is -0.350 e. The maximum absolute atomic E-state index is 13.2. The fourth-order valence-electron chi connectivity index (χ4n) is 1.05. The smallest absolute Gasteiger partial charge is 0.251 e. The predicted octanol–water partition coefficient (Wildman–Crippen LogP) is 1.90. The molecule has 5 heteroatoms. The van der Waals surface area contributed by atoms with Gasteiger partial charge in [-0.2, -0.15) is 0 Å². The number of amides is 1. The Balaban J connectivity index is 2.70. The molecule has 0 aliphatic carbocycles. The lowest BCUT2D eigenvalue weighted by Crippen LogP contribution is -2.45. The van der Waals surface area contributed by atoms with Gasteiger partial charge in [-0.25, -0.2) is 4.39 Å². The van der Waals surface area contributed by atoms with E-state index >= 15 is 0 Å². The van der Waals surface area contributed by atoms with Gasteiger partial charge in [0, 0.05) is 21.2 Å². The van der Waals surface area contributed by atoms with E-state index in [4.69, 9.17) is 5.73 Å². The van der Waals surface area contributed by atoms with E-state index in [-0.39, 0.29) is 11.7 Å². The summed E-state index contributed by atoms with van der Waals surface area (Å²) in [6, 6.07) is 4.38. The van der Waals surface area contributed by atoms with Crippen LogP contribution in [0, 0.1) is 9.39 Å². The van der Waals surface area contributed by atoms with Gasteiger partial charge in [0.25, 0.3) is 5.91 Å². The van der Waals surface area contributed by atoms with Crippen LogP contribution in [0.25, 0.3) is 0 Å². The van der Waals surface area contributed by atoms with Gasteiger partial charge in [-0.1, -0.05) is 0 Å². The van der Waals surface area contributed by atoms with E-state index in [1.54, 1.807) is 12.1 Å². The Bertz CT molecular complexity index is 401. The molecular formula is C11H14FIN2O. The van der Waals surface area contributed by atoms with E-state index < -0.39 is 5.54 Å². The lowest BCUT2D eigenvalue weighted by Gasteiger charge is -2.18. The van der Waals surface area contributed by atoms with Crippen LogP contribution in [0.3, 0.4) is 0 Å². The zero-order valence-electron chi connectivity index (χ0n) is 9.18. The van der Waals surface area contributed by atoms with Crippen molar-refractivity contribution in [2.45, 2.75) is 19.4 Å². The largest absolute Gasteiger partial charge is 0.350 e. The molecule has 3 N–H and O–H groups in total. The van der Waals surface area contributed by atoms with Crippen molar-refractivity contribution < 1.29 is 9.18 Å². The maximum Gasteiger partial charge on any atom is 0.251 e. The van der Waals surface area contributed by atoms with Gasteiger partial charge < -0.3 is 11.1 Å².